The van der Waals surface area contributed by atoms with Gasteiger partial charge in [-0.2, -0.15) is 0 Å². The van der Waals surface area contributed by atoms with Crippen LogP contribution in [0, 0.1) is 6.92 Å². The highest BCUT2D eigenvalue weighted by atomic mass is 35.5. The van der Waals surface area contributed by atoms with Crippen LogP contribution in [0.2, 0.25) is 0 Å². The van der Waals surface area contributed by atoms with Gasteiger partial charge in [0.2, 0.25) is 0 Å². The molecule has 0 aromatic heterocycles. The first-order valence-electron chi connectivity index (χ1n) is 6.42. The quantitative estimate of drug-likeness (QED) is 0.323. The maximum atomic E-state index is 5.61. The number of allylic oxidation sites excluding steroid dienone is 2. The molecule has 1 radical (unpaired) electrons. The van der Waals surface area contributed by atoms with Crippen molar-refractivity contribution in [1.29, 1.82) is 0 Å². The Bertz CT molecular complexity index is 129. The predicted molar refractivity (Wildman–Crippen MR) is 71.4 cm³/mol. The van der Waals surface area contributed by atoms with E-state index < -0.39 is 0 Å². The van der Waals surface area contributed by atoms with Gasteiger partial charge in [0.1, 0.15) is 0 Å². The molecule has 0 N–H and O–H groups in total. The summed E-state index contributed by atoms with van der Waals surface area (Å²) in [5.41, 5.74) is 0. The Balaban J connectivity index is 2.86. The molecule has 89 valence electrons. The minimum Gasteiger partial charge on any atom is -0.127 e. The number of rotatable bonds is 11. The Hall–Kier alpha value is 0.0300. The molecule has 0 aliphatic heterocycles. The molecular formula is C14H26Cl. The highest BCUT2D eigenvalue weighted by Crippen LogP contribution is 2.10. The molecule has 0 atom stereocenters. The third-order valence-corrected chi connectivity index (χ3v) is 2.94. The second-order valence-electron chi connectivity index (χ2n) is 4.13. The van der Waals surface area contributed by atoms with Gasteiger partial charge in [-0.15, -0.1) is 11.6 Å². The second-order valence-corrected chi connectivity index (χ2v) is 4.51. The molecule has 0 rings (SSSR count). The van der Waals surface area contributed by atoms with Gasteiger partial charge in [-0.1, -0.05) is 57.1 Å². The highest BCUT2D eigenvalue weighted by molar-refractivity contribution is 6.17. The summed E-state index contributed by atoms with van der Waals surface area (Å²) in [6.45, 7) is 3.68. The molecule has 0 saturated heterocycles. The van der Waals surface area contributed by atoms with Gasteiger partial charge < -0.3 is 0 Å². The van der Waals surface area contributed by atoms with Crippen molar-refractivity contribution in [2.75, 3.05) is 5.88 Å². The summed E-state index contributed by atoms with van der Waals surface area (Å²) in [7, 11) is 0. The second kappa shape index (κ2) is 14.0. The van der Waals surface area contributed by atoms with Crippen LogP contribution in [-0.4, -0.2) is 5.88 Å². The van der Waals surface area contributed by atoms with Crippen LogP contribution in [0.15, 0.2) is 12.2 Å². The van der Waals surface area contributed by atoms with E-state index in [-0.39, 0.29) is 0 Å². The lowest BCUT2D eigenvalue weighted by Gasteiger charge is -2.00. The molecule has 0 aromatic carbocycles. The average molecular weight is 230 g/mol. The van der Waals surface area contributed by atoms with Crippen molar-refractivity contribution in [1.82, 2.24) is 0 Å². The monoisotopic (exact) mass is 229 g/mol. The van der Waals surface area contributed by atoms with E-state index in [4.69, 9.17) is 11.6 Å². The van der Waals surface area contributed by atoms with Crippen LogP contribution in [0.3, 0.4) is 0 Å². The molecule has 1 heteroatoms. The van der Waals surface area contributed by atoms with E-state index >= 15 is 0 Å². The Kier molecular flexibility index (Phi) is 14.1. The Morgan fingerprint density at radius 2 is 1.20 bits per heavy atom. The first-order chi connectivity index (χ1) is 7.41. The minimum atomic E-state index is 0.833. The molecule has 0 heterocycles. The van der Waals surface area contributed by atoms with Gasteiger partial charge in [0.05, 0.1) is 0 Å². The number of alkyl halides is 1. The number of unbranched alkanes of at least 4 members (excludes halogenated alkanes) is 9. The van der Waals surface area contributed by atoms with Crippen molar-refractivity contribution in [2.45, 2.75) is 64.2 Å². The molecule has 0 unspecified atom stereocenters. The topological polar surface area (TPSA) is 0 Å². The molecule has 0 spiro atoms. The van der Waals surface area contributed by atoms with Crippen LogP contribution < -0.4 is 0 Å². The van der Waals surface area contributed by atoms with Gasteiger partial charge in [-0.3, -0.25) is 0 Å². The lowest BCUT2D eigenvalue weighted by molar-refractivity contribution is 0.567. The Labute approximate surface area is 101 Å². The first kappa shape index (κ1) is 15.0. The van der Waals surface area contributed by atoms with Crippen LogP contribution in [0.5, 0.6) is 0 Å². The maximum Gasteiger partial charge on any atom is 0.0223 e. The third kappa shape index (κ3) is 14.0. The van der Waals surface area contributed by atoms with Gasteiger partial charge >= 0.3 is 0 Å². The predicted octanol–water partition coefficient (Wildman–Crippen LogP) is 5.52. The summed E-state index contributed by atoms with van der Waals surface area (Å²) in [5, 5.41) is 0. The average Bonchev–Trinajstić information content (AvgIpc) is 2.26. The Morgan fingerprint density at radius 1 is 0.733 bits per heavy atom. The fourth-order valence-corrected chi connectivity index (χ4v) is 1.90. The van der Waals surface area contributed by atoms with Crippen LogP contribution in [0.25, 0.3) is 0 Å². The van der Waals surface area contributed by atoms with Gasteiger partial charge in [-0.05, 0) is 26.2 Å². The summed E-state index contributed by atoms with van der Waals surface area (Å²) in [5.74, 6) is 0.833. The van der Waals surface area contributed by atoms with Gasteiger partial charge in [0.15, 0.2) is 0 Å². The van der Waals surface area contributed by atoms with E-state index in [1.54, 1.807) is 0 Å². The van der Waals surface area contributed by atoms with E-state index in [1.165, 1.54) is 64.2 Å². The molecule has 0 nitrogen and oxygen atoms in total. The normalized spacial score (nSPS) is 11.3. The van der Waals surface area contributed by atoms with Crippen LogP contribution in [0.4, 0.5) is 0 Å². The van der Waals surface area contributed by atoms with Crippen LogP contribution in [-0.2, 0) is 0 Å². The molecule has 15 heavy (non-hydrogen) atoms. The summed E-state index contributed by atoms with van der Waals surface area (Å²) in [4.78, 5) is 0. The van der Waals surface area contributed by atoms with Crippen molar-refractivity contribution in [2.24, 2.45) is 0 Å². The zero-order chi connectivity index (χ0) is 11.2. The summed E-state index contributed by atoms with van der Waals surface area (Å²) in [6.07, 6.45) is 17.5. The molecule has 0 saturated carbocycles. The minimum absolute atomic E-state index is 0.833. The lowest BCUT2D eigenvalue weighted by atomic mass is 10.1. The zero-order valence-corrected chi connectivity index (χ0v) is 10.8. The smallest absolute Gasteiger partial charge is 0.0223 e. The summed E-state index contributed by atoms with van der Waals surface area (Å²) >= 11 is 5.61. The number of hydrogen-bond acceptors (Lipinski definition) is 0. The molecular weight excluding hydrogens is 204 g/mol. The van der Waals surface area contributed by atoms with Crippen molar-refractivity contribution in [3.05, 3.63) is 19.1 Å². The number of halogens is 1. The largest absolute Gasteiger partial charge is 0.127 e. The Morgan fingerprint density at radius 3 is 1.67 bits per heavy atom. The third-order valence-electron chi connectivity index (χ3n) is 2.67. The fraction of sp³-hybridized carbons (Fsp3) is 0.786. The first-order valence-corrected chi connectivity index (χ1v) is 6.95. The van der Waals surface area contributed by atoms with E-state index in [2.05, 4.69) is 13.0 Å². The molecule has 0 aliphatic rings. The highest BCUT2D eigenvalue weighted by Gasteiger charge is 1.91. The van der Waals surface area contributed by atoms with Crippen molar-refractivity contribution in [3.63, 3.8) is 0 Å². The molecule has 0 fully saturated rings. The van der Waals surface area contributed by atoms with Crippen molar-refractivity contribution in [3.8, 4) is 0 Å². The van der Waals surface area contributed by atoms with E-state index in [9.17, 15) is 0 Å². The molecule has 0 aromatic rings. The molecule has 0 aliphatic carbocycles. The van der Waals surface area contributed by atoms with E-state index in [0.717, 1.165) is 5.88 Å². The van der Waals surface area contributed by atoms with Gasteiger partial charge in [-0.25, -0.2) is 0 Å². The van der Waals surface area contributed by atoms with Crippen LogP contribution >= 0.6 is 11.6 Å². The van der Waals surface area contributed by atoms with Crippen molar-refractivity contribution < 1.29 is 0 Å². The van der Waals surface area contributed by atoms with Crippen molar-refractivity contribution >= 4 is 11.6 Å². The van der Waals surface area contributed by atoms with E-state index in [0.29, 0.717) is 0 Å². The standard InChI is InChI=1S/C14H26Cl/c1-2-3-4-5-6-7-8-9-10-11-12-13-14-15/h2-3H,1,4-14H2. The van der Waals surface area contributed by atoms with Crippen LogP contribution in [0.1, 0.15) is 64.2 Å². The molecule has 0 bridgehead atoms. The van der Waals surface area contributed by atoms with E-state index in [1.807, 2.05) is 6.08 Å². The summed E-state index contributed by atoms with van der Waals surface area (Å²) in [6, 6.07) is 0. The summed E-state index contributed by atoms with van der Waals surface area (Å²) < 4.78 is 0. The zero-order valence-electron chi connectivity index (χ0n) is 10.0. The lowest BCUT2D eigenvalue weighted by Crippen LogP contribution is -1.82. The fourth-order valence-electron chi connectivity index (χ4n) is 1.71. The maximum absolute atomic E-state index is 5.61. The van der Waals surface area contributed by atoms with Gasteiger partial charge in [0.25, 0.3) is 0 Å². The molecule has 0 amide bonds. The van der Waals surface area contributed by atoms with Gasteiger partial charge in [0, 0.05) is 5.88 Å². The number of hydrogen-bond donors (Lipinski definition) is 0. The SMILES string of the molecule is [CH2]C=CCCCCCCCCCCCCl.